The Labute approximate surface area is 185 Å². The third kappa shape index (κ3) is 3.90. The summed E-state index contributed by atoms with van der Waals surface area (Å²) in [6.45, 7) is 4.22. The molecule has 1 aromatic carbocycles. The summed E-state index contributed by atoms with van der Waals surface area (Å²) in [6.07, 6.45) is 0.717. The number of hydrogen-bond donors (Lipinski definition) is 2. The van der Waals surface area contributed by atoms with Crippen LogP contribution in [0.2, 0.25) is 0 Å². The van der Waals surface area contributed by atoms with E-state index in [1.165, 1.54) is 0 Å². The molecular formula is C23H23N5O4. The van der Waals surface area contributed by atoms with Crippen molar-refractivity contribution >= 4 is 23.3 Å². The van der Waals surface area contributed by atoms with Gasteiger partial charge in [-0.3, -0.25) is 9.59 Å². The molecule has 3 aromatic rings. The highest BCUT2D eigenvalue weighted by Gasteiger charge is 2.30. The number of primary amides is 1. The number of rotatable bonds is 6. The van der Waals surface area contributed by atoms with E-state index in [0.717, 1.165) is 11.3 Å². The monoisotopic (exact) mass is 433 g/mol. The number of para-hydroxylation sites is 2. The molecule has 0 bridgehead atoms. The van der Waals surface area contributed by atoms with E-state index >= 15 is 0 Å². The van der Waals surface area contributed by atoms with Crippen LogP contribution in [0.5, 0.6) is 5.75 Å². The van der Waals surface area contributed by atoms with Crippen LogP contribution in [0.1, 0.15) is 22.6 Å². The number of hydrogen-bond acceptors (Lipinski definition) is 6. The van der Waals surface area contributed by atoms with Crippen LogP contribution in [0.25, 0.3) is 0 Å². The molecule has 3 heterocycles. The molecule has 164 valence electrons. The number of carbonyl (C=O) groups excluding carboxylic acids is 2. The normalized spacial score (nSPS) is 14.9. The molecule has 2 aromatic heterocycles. The zero-order chi connectivity index (χ0) is 22.8. The van der Waals surface area contributed by atoms with Gasteiger partial charge in [0, 0.05) is 5.69 Å². The zero-order valence-electron chi connectivity index (χ0n) is 17.8. The Kier molecular flexibility index (Phi) is 5.60. The van der Waals surface area contributed by atoms with Crippen LogP contribution in [0.3, 0.4) is 0 Å². The van der Waals surface area contributed by atoms with Gasteiger partial charge in [0.25, 0.3) is 5.91 Å². The summed E-state index contributed by atoms with van der Waals surface area (Å²) in [6, 6.07) is 13.0. The second kappa shape index (κ2) is 8.51. The maximum Gasteiger partial charge on any atom is 0.260 e. The van der Waals surface area contributed by atoms with E-state index < -0.39 is 12.0 Å². The van der Waals surface area contributed by atoms with Gasteiger partial charge in [0.05, 0.1) is 37.1 Å². The van der Waals surface area contributed by atoms with Crippen molar-refractivity contribution < 1.29 is 18.7 Å². The lowest BCUT2D eigenvalue weighted by Gasteiger charge is -2.34. The largest absolute Gasteiger partial charge is 0.477 e. The fourth-order valence-corrected chi connectivity index (χ4v) is 3.84. The van der Waals surface area contributed by atoms with Crippen molar-refractivity contribution in [3.05, 3.63) is 65.2 Å². The van der Waals surface area contributed by atoms with Gasteiger partial charge in [-0.25, -0.2) is 0 Å². The van der Waals surface area contributed by atoms with E-state index in [-0.39, 0.29) is 19.0 Å². The van der Waals surface area contributed by atoms with Gasteiger partial charge in [0.1, 0.15) is 23.4 Å². The lowest BCUT2D eigenvalue weighted by molar-refractivity contribution is -0.125. The molecule has 0 radical (unpaired) electrons. The van der Waals surface area contributed by atoms with Crippen molar-refractivity contribution in [2.24, 2.45) is 5.73 Å². The van der Waals surface area contributed by atoms with Crippen LogP contribution in [0, 0.1) is 25.2 Å². The minimum absolute atomic E-state index is 0.0426. The molecule has 3 N–H and O–H groups in total. The Morgan fingerprint density at radius 2 is 2.03 bits per heavy atom. The summed E-state index contributed by atoms with van der Waals surface area (Å²) in [5.41, 5.74) is 8.19. The van der Waals surface area contributed by atoms with Gasteiger partial charge in [-0.1, -0.05) is 12.1 Å². The Bertz CT molecular complexity index is 1210. The van der Waals surface area contributed by atoms with Crippen LogP contribution >= 0.6 is 0 Å². The average molecular weight is 433 g/mol. The molecule has 0 aliphatic carbocycles. The Morgan fingerprint density at radius 3 is 2.72 bits per heavy atom. The molecule has 0 saturated carbocycles. The molecule has 0 spiro atoms. The van der Waals surface area contributed by atoms with E-state index in [4.69, 9.17) is 14.9 Å². The Morgan fingerprint density at radius 1 is 1.25 bits per heavy atom. The number of ether oxygens (including phenoxy) is 1. The molecule has 4 rings (SSSR count). The number of carbonyl (C=O) groups is 2. The molecule has 1 unspecified atom stereocenters. The molecule has 2 amide bonds. The Hall–Kier alpha value is -4.19. The van der Waals surface area contributed by atoms with Gasteiger partial charge in [-0.15, -0.1) is 0 Å². The molecule has 0 fully saturated rings. The van der Waals surface area contributed by atoms with Crippen molar-refractivity contribution in [1.29, 1.82) is 5.26 Å². The maximum absolute atomic E-state index is 13.1. The summed E-state index contributed by atoms with van der Waals surface area (Å²) >= 11 is 0. The minimum Gasteiger partial charge on any atom is -0.477 e. The van der Waals surface area contributed by atoms with Gasteiger partial charge in [0.2, 0.25) is 5.91 Å². The molecule has 1 atom stereocenters. The first-order chi connectivity index (χ1) is 15.4. The smallest absolute Gasteiger partial charge is 0.260 e. The van der Waals surface area contributed by atoms with E-state index in [1.54, 1.807) is 29.4 Å². The van der Waals surface area contributed by atoms with E-state index in [2.05, 4.69) is 11.4 Å². The van der Waals surface area contributed by atoms with Crippen molar-refractivity contribution in [3.63, 3.8) is 0 Å². The lowest BCUT2D eigenvalue weighted by Crippen LogP contribution is -2.49. The third-order valence-corrected chi connectivity index (χ3v) is 5.61. The van der Waals surface area contributed by atoms with Gasteiger partial charge in [-0.05, 0) is 43.7 Å². The Balaban J connectivity index is 1.60. The predicted molar refractivity (Wildman–Crippen MR) is 117 cm³/mol. The highest BCUT2D eigenvalue weighted by Crippen LogP contribution is 2.33. The number of furan rings is 1. The summed E-state index contributed by atoms with van der Waals surface area (Å²) in [5, 5.41) is 12.6. The fourth-order valence-electron chi connectivity index (χ4n) is 3.84. The first-order valence-corrected chi connectivity index (χ1v) is 10.1. The van der Waals surface area contributed by atoms with Crippen molar-refractivity contribution in [1.82, 2.24) is 4.57 Å². The fraction of sp³-hybridized carbons (Fsp3) is 0.261. The predicted octanol–water partition coefficient (Wildman–Crippen LogP) is 2.31. The number of amides is 2. The number of fused-ring (bicyclic) bond motifs is 1. The van der Waals surface area contributed by atoms with Crippen molar-refractivity contribution in [3.8, 4) is 11.8 Å². The van der Waals surface area contributed by atoms with Crippen LogP contribution < -0.4 is 20.7 Å². The van der Waals surface area contributed by atoms with Crippen molar-refractivity contribution in [2.45, 2.75) is 26.5 Å². The lowest BCUT2D eigenvalue weighted by atomic mass is 10.1. The van der Waals surface area contributed by atoms with Gasteiger partial charge >= 0.3 is 0 Å². The van der Waals surface area contributed by atoms with Crippen LogP contribution in [-0.4, -0.2) is 35.6 Å². The molecule has 9 nitrogen and oxygen atoms in total. The topological polar surface area (TPSA) is 127 Å². The van der Waals surface area contributed by atoms with E-state index in [9.17, 15) is 14.9 Å². The SMILES string of the molecule is Cc1c(C#N)c(NC(=O)CN2CC(C(N)=O)Oc3ccccc32)n(Cc2ccco2)c1C. The summed E-state index contributed by atoms with van der Waals surface area (Å²) in [7, 11) is 0. The maximum atomic E-state index is 13.1. The average Bonchev–Trinajstić information content (AvgIpc) is 3.36. The molecule has 9 heteroatoms. The second-order valence-corrected chi connectivity index (χ2v) is 7.62. The van der Waals surface area contributed by atoms with Crippen LogP contribution in [0.4, 0.5) is 11.5 Å². The number of nitrogens with zero attached hydrogens (tertiary/aromatic N) is 3. The van der Waals surface area contributed by atoms with Gasteiger partial charge in [-0.2, -0.15) is 5.26 Å². The summed E-state index contributed by atoms with van der Waals surface area (Å²) in [4.78, 5) is 26.5. The number of nitrogens with one attached hydrogen (secondary N) is 1. The van der Waals surface area contributed by atoms with Crippen molar-refractivity contribution in [2.75, 3.05) is 23.3 Å². The highest BCUT2D eigenvalue weighted by atomic mass is 16.5. The minimum atomic E-state index is -0.861. The first-order valence-electron chi connectivity index (χ1n) is 10.1. The van der Waals surface area contributed by atoms with Gasteiger partial charge in [0.15, 0.2) is 6.10 Å². The number of aromatic nitrogens is 1. The van der Waals surface area contributed by atoms with Crippen LogP contribution in [-0.2, 0) is 16.1 Å². The molecule has 1 aliphatic rings. The van der Waals surface area contributed by atoms with Gasteiger partial charge < -0.3 is 29.7 Å². The molecular weight excluding hydrogens is 410 g/mol. The first kappa shape index (κ1) is 21.1. The van der Waals surface area contributed by atoms with E-state index in [0.29, 0.717) is 35.1 Å². The number of anilines is 2. The number of nitrogens with two attached hydrogens (primary N) is 1. The molecule has 32 heavy (non-hydrogen) atoms. The summed E-state index contributed by atoms with van der Waals surface area (Å²) in [5.74, 6) is 0.669. The third-order valence-electron chi connectivity index (χ3n) is 5.61. The molecule has 1 aliphatic heterocycles. The highest BCUT2D eigenvalue weighted by molar-refractivity contribution is 5.95. The van der Waals surface area contributed by atoms with Crippen LogP contribution in [0.15, 0.2) is 47.1 Å². The molecule has 0 saturated heterocycles. The summed E-state index contributed by atoms with van der Waals surface area (Å²) < 4.78 is 13.0. The number of benzene rings is 1. The quantitative estimate of drug-likeness (QED) is 0.614. The second-order valence-electron chi connectivity index (χ2n) is 7.62. The zero-order valence-corrected chi connectivity index (χ0v) is 17.8. The van der Waals surface area contributed by atoms with E-state index in [1.807, 2.05) is 36.6 Å². The number of nitriles is 1. The standard InChI is InChI=1S/C23H23N5O4/c1-14-15(2)28(11-16-6-5-9-31-16)23(17(14)10-24)26-21(29)13-27-12-20(22(25)30)32-19-8-4-3-7-18(19)27/h3-9,20H,11-13H2,1-2H3,(H2,25,30)(H,26,29).